The average Bonchev–Trinajstić information content (AvgIpc) is 2.62. The van der Waals surface area contributed by atoms with Crippen LogP contribution in [0.2, 0.25) is 0 Å². The summed E-state index contributed by atoms with van der Waals surface area (Å²) in [5.41, 5.74) is 0. The monoisotopic (exact) mass is 401 g/mol. The predicted octanol–water partition coefficient (Wildman–Crippen LogP) is 2.59. The van der Waals surface area contributed by atoms with Gasteiger partial charge in [-0.1, -0.05) is 18.2 Å². The standard InChI is InChI=1S/C17H17F2NO4S2/c18-13-10-14(19)12-17(11-13)26(23,24)20-8-6-16(7-9-20)25(21,22)15-4-2-1-3-5-15/h1-5,10-12,16H,6-9H2. The minimum atomic E-state index is -4.08. The minimum Gasteiger partial charge on any atom is -0.223 e. The summed E-state index contributed by atoms with van der Waals surface area (Å²) in [7, 11) is -7.63. The third-order valence-electron chi connectivity index (χ3n) is 4.39. The SMILES string of the molecule is O=S(=O)(c1ccccc1)C1CCN(S(=O)(=O)c2cc(F)cc(F)c2)CC1. The molecule has 1 aliphatic heterocycles. The molecule has 140 valence electrons. The Morgan fingerprint density at radius 2 is 1.35 bits per heavy atom. The van der Waals surface area contributed by atoms with Crippen LogP contribution in [-0.2, 0) is 19.9 Å². The van der Waals surface area contributed by atoms with Gasteiger partial charge in [-0.15, -0.1) is 0 Å². The van der Waals surface area contributed by atoms with E-state index >= 15 is 0 Å². The molecular weight excluding hydrogens is 384 g/mol. The van der Waals surface area contributed by atoms with Gasteiger partial charge in [-0.05, 0) is 37.1 Å². The Kier molecular flexibility index (Phi) is 5.14. The number of benzene rings is 2. The molecule has 0 saturated carbocycles. The summed E-state index contributed by atoms with van der Waals surface area (Å²) in [6.07, 6.45) is 0.239. The number of rotatable bonds is 4. The van der Waals surface area contributed by atoms with Crippen LogP contribution in [0.15, 0.2) is 58.3 Å². The molecule has 0 unspecified atom stereocenters. The number of hydrogen-bond acceptors (Lipinski definition) is 4. The highest BCUT2D eigenvalue weighted by atomic mass is 32.2. The van der Waals surface area contributed by atoms with E-state index in [2.05, 4.69) is 0 Å². The normalized spacial score (nSPS) is 17.3. The van der Waals surface area contributed by atoms with Gasteiger partial charge in [0.25, 0.3) is 0 Å². The molecule has 9 heteroatoms. The molecule has 0 spiro atoms. The lowest BCUT2D eigenvalue weighted by atomic mass is 10.2. The zero-order valence-electron chi connectivity index (χ0n) is 13.7. The first kappa shape index (κ1) is 18.9. The Hall–Kier alpha value is -1.84. The zero-order chi connectivity index (χ0) is 18.9. The van der Waals surface area contributed by atoms with Gasteiger partial charge in [0.1, 0.15) is 11.6 Å². The van der Waals surface area contributed by atoms with E-state index in [0.29, 0.717) is 6.07 Å². The van der Waals surface area contributed by atoms with Crippen molar-refractivity contribution < 1.29 is 25.6 Å². The van der Waals surface area contributed by atoms with Gasteiger partial charge in [0.15, 0.2) is 9.84 Å². The molecule has 5 nitrogen and oxygen atoms in total. The molecule has 0 N–H and O–H groups in total. The molecule has 26 heavy (non-hydrogen) atoms. The second kappa shape index (κ2) is 7.05. The van der Waals surface area contributed by atoms with Crippen LogP contribution < -0.4 is 0 Å². The number of sulfonamides is 1. The maximum atomic E-state index is 13.3. The Bertz CT molecular complexity index is 980. The number of halogens is 2. The van der Waals surface area contributed by atoms with Crippen LogP contribution in [0.1, 0.15) is 12.8 Å². The smallest absolute Gasteiger partial charge is 0.223 e. The second-order valence-electron chi connectivity index (χ2n) is 6.07. The van der Waals surface area contributed by atoms with Crippen LogP contribution in [0.5, 0.6) is 0 Å². The van der Waals surface area contributed by atoms with Crippen molar-refractivity contribution in [2.75, 3.05) is 13.1 Å². The first-order chi connectivity index (χ1) is 12.2. The molecule has 0 aliphatic carbocycles. The van der Waals surface area contributed by atoms with Crippen LogP contribution in [0.3, 0.4) is 0 Å². The fourth-order valence-corrected chi connectivity index (χ4v) is 6.28. The average molecular weight is 401 g/mol. The van der Waals surface area contributed by atoms with E-state index in [1.54, 1.807) is 18.2 Å². The Morgan fingerprint density at radius 1 is 0.808 bits per heavy atom. The van der Waals surface area contributed by atoms with Gasteiger partial charge in [0.05, 0.1) is 15.0 Å². The van der Waals surface area contributed by atoms with Crippen molar-refractivity contribution in [3.63, 3.8) is 0 Å². The first-order valence-corrected chi connectivity index (χ1v) is 10.9. The third kappa shape index (κ3) is 3.65. The van der Waals surface area contributed by atoms with Gasteiger partial charge in [-0.3, -0.25) is 0 Å². The van der Waals surface area contributed by atoms with Crippen LogP contribution in [0, 0.1) is 11.6 Å². The van der Waals surface area contributed by atoms with Crippen molar-refractivity contribution in [1.82, 2.24) is 4.31 Å². The van der Waals surface area contributed by atoms with Gasteiger partial charge in [0.2, 0.25) is 10.0 Å². The van der Waals surface area contributed by atoms with E-state index < -0.39 is 41.6 Å². The van der Waals surface area contributed by atoms with Crippen LogP contribution >= 0.6 is 0 Å². The molecule has 0 amide bonds. The predicted molar refractivity (Wildman–Crippen MR) is 91.8 cm³/mol. The fraction of sp³-hybridized carbons (Fsp3) is 0.294. The molecule has 2 aromatic carbocycles. The lowest BCUT2D eigenvalue weighted by Crippen LogP contribution is -2.42. The Morgan fingerprint density at radius 3 is 1.88 bits per heavy atom. The third-order valence-corrected chi connectivity index (χ3v) is 8.54. The number of sulfone groups is 1. The summed E-state index contributed by atoms with van der Waals surface area (Å²) in [6, 6.07) is 10.1. The van der Waals surface area contributed by atoms with E-state index in [1.807, 2.05) is 0 Å². The number of piperidine rings is 1. The summed E-state index contributed by atoms with van der Waals surface area (Å²) >= 11 is 0. The summed E-state index contributed by atoms with van der Waals surface area (Å²) in [5.74, 6) is -1.96. The molecule has 1 heterocycles. The Labute approximate surface area is 151 Å². The van der Waals surface area contributed by atoms with Crippen molar-refractivity contribution >= 4 is 19.9 Å². The lowest BCUT2D eigenvalue weighted by molar-refractivity contribution is 0.345. The highest BCUT2D eigenvalue weighted by Gasteiger charge is 2.35. The molecule has 1 aliphatic rings. The summed E-state index contributed by atoms with van der Waals surface area (Å²) in [5, 5.41) is -0.694. The highest BCUT2D eigenvalue weighted by molar-refractivity contribution is 7.92. The zero-order valence-corrected chi connectivity index (χ0v) is 15.3. The topological polar surface area (TPSA) is 71.5 Å². The lowest BCUT2D eigenvalue weighted by Gasteiger charge is -2.31. The molecule has 0 bridgehead atoms. The first-order valence-electron chi connectivity index (χ1n) is 7.96. The molecular formula is C17H17F2NO4S2. The molecule has 1 saturated heterocycles. The molecule has 3 rings (SSSR count). The molecule has 0 aromatic heterocycles. The maximum absolute atomic E-state index is 13.3. The summed E-state index contributed by atoms with van der Waals surface area (Å²) < 4.78 is 78.1. The molecule has 1 fully saturated rings. The summed E-state index contributed by atoms with van der Waals surface area (Å²) in [4.78, 5) is -0.270. The Balaban J connectivity index is 1.78. The van der Waals surface area contributed by atoms with E-state index in [-0.39, 0.29) is 30.8 Å². The van der Waals surface area contributed by atoms with E-state index in [0.717, 1.165) is 16.4 Å². The molecule has 2 aromatic rings. The van der Waals surface area contributed by atoms with Crippen molar-refractivity contribution in [3.05, 3.63) is 60.2 Å². The number of hydrogen-bond donors (Lipinski definition) is 0. The van der Waals surface area contributed by atoms with E-state index in [4.69, 9.17) is 0 Å². The van der Waals surface area contributed by atoms with E-state index in [1.165, 1.54) is 12.1 Å². The van der Waals surface area contributed by atoms with Gasteiger partial charge in [-0.25, -0.2) is 25.6 Å². The van der Waals surface area contributed by atoms with Crippen molar-refractivity contribution in [1.29, 1.82) is 0 Å². The summed E-state index contributed by atoms with van der Waals surface area (Å²) in [6.45, 7) is -0.0611. The quantitative estimate of drug-likeness (QED) is 0.790. The van der Waals surface area contributed by atoms with Gasteiger partial charge in [-0.2, -0.15) is 4.31 Å². The highest BCUT2D eigenvalue weighted by Crippen LogP contribution is 2.28. The van der Waals surface area contributed by atoms with Gasteiger partial charge >= 0.3 is 0 Å². The maximum Gasteiger partial charge on any atom is 0.243 e. The van der Waals surface area contributed by atoms with Gasteiger partial charge in [0, 0.05) is 19.2 Å². The van der Waals surface area contributed by atoms with Crippen LogP contribution in [0.4, 0.5) is 8.78 Å². The molecule has 0 radical (unpaired) electrons. The van der Waals surface area contributed by atoms with Crippen molar-refractivity contribution in [3.8, 4) is 0 Å². The minimum absolute atomic E-state index is 0.0306. The van der Waals surface area contributed by atoms with Crippen molar-refractivity contribution in [2.24, 2.45) is 0 Å². The fourth-order valence-electron chi connectivity index (χ4n) is 3.01. The van der Waals surface area contributed by atoms with Crippen LogP contribution in [-0.4, -0.2) is 39.5 Å². The van der Waals surface area contributed by atoms with Crippen LogP contribution in [0.25, 0.3) is 0 Å². The molecule has 0 atom stereocenters. The van der Waals surface area contributed by atoms with Gasteiger partial charge < -0.3 is 0 Å². The number of nitrogens with zero attached hydrogens (tertiary/aromatic N) is 1. The van der Waals surface area contributed by atoms with Crippen molar-refractivity contribution in [2.45, 2.75) is 27.9 Å². The largest absolute Gasteiger partial charge is 0.243 e. The van der Waals surface area contributed by atoms with E-state index in [9.17, 15) is 25.6 Å². The second-order valence-corrected chi connectivity index (χ2v) is 10.2.